The minimum absolute atomic E-state index is 0.166. The van der Waals surface area contributed by atoms with Crippen LogP contribution in [0.5, 0.6) is 11.5 Å². The number of fused-ring (bicyclic) bond motifs is 1. The van der Waals surface area contributed by atoms with Gasteiger partial charge >= 0.3 is 5.97 Å². The van der Waals surface area contributed by atoms with E-state index in [-0.39, 0.29) is 12.0 Å². The van der Waals surface area contributed by atoms with Crippen LogP contribution in [-0.4, -0.2) is 51.3 Å². The van der Waals surface area contributed by atoms with Crippen molar-refractivity contribution in [2.75, 3.05) is 34.4 Å². The van der Waals surface area contributed by atoms with Gasteiger partial charge in [0, 0.05) is 6.54 Å². The molecule has 2 rings (SSSR count). The molecule has 23 heavy (non-hydrogen) atoms. The number of carbonyl (C=O) groups excluding carboxylic acids is 1. The highest BCUT2D eigenvalue weighted by Crippen LogP contribution is 2.32. The zero-order chi connectivity index (χ0) is 16.8. The second kappa shape index (κ2) is 8.02. The molecule has 0 N–H and O–H groups in total. The highest BCUT2D eigenvalue weighted by molar-refractivity contribution is 5.76. The van der Waals surface area contributed by atoms with Crippen molar-refractivity contribution in [1.29, 1.82) is 0 Å². The molecular formula is C18H25NO4. The summed E-state index contributed by atoms with van der Waals surface area (Å²) in [6, 6.07) is 3.75. The minimum atomic E-state index is -0.246. The fourth-order valence-electron chi connectivity index (χ4n) is 2.78. The Morgan fingerprint density at radius 3 is 2.61 bits per heavy atom. The Bertz CT molecular complexity index is 583. The highest BCUT2D eigenvalue weighted by atomic mass is 16.5. The van der Waals surface area contributed by atoms with E-state index in [1.165, 1.54) is 5.56 Å². The van der Waals surface area contributed by atoms with Gasteiger partial charge in [0.05, 0.1) is 20.8 Å². The molecule has 0 saturated heterocycles. The Labute approximate surface area is 137 Å². The third kappa shape index (κ3) is 4.05. The van der Waals surface area contributed by atoms with E-state index in [0.29, 0.717) is 18.8 Å². The Balaban J connectivity index is 2.29. The predicted octanol–water partition coefficient (Wildman–Crippen LogP) is 2.53. The van der Waals surface area contributed by atoms with Gasteiger partial charge < -0.3 is 14.2 Å². The number of rotatable bonds is 4. The molecule has 0 aliphatic carbocycles. The Hall–Kier alpha value is -2.01. The predicted molar refractivity (Wildman–Crippen MR) is 90.0 cm³/mol. The van der Waals surface area contributed by atoms with Crippen LogP contribution in [0.4, 0.5) is 0 Å². The largest absolute Gasteiger partial charge is 0.493 e. The Kier molecular flexibility index (Phi) is 6.04. The van der Waals surface area contributed by atoms with Crippen molar-refractivity contribution in [3.63, 3.8) is 0 Å². The van der Waals surface area contributed by atoms with E-state index in [9.17, 15) is 4.79 Å². The van der Waals surface area contributed by atoms with Crippen molar-refractivity contribution in [3.8, 4) is 11.5 Å². The van der Waals surface area contributed by atoms with Gasteiger partial charge in [-0.2, -0.15) is 0 Å². The summed E-state index contributed by atoms with van der Waals surface area (Å²) in [5.74, 6) is 1.27. The van der Waals surface area contributed by atoms with E-state index in [0.717, 1.165) is 24.3 Å². The molecular weight excluding hydrogens is 294 g/mol. The van der Waals surface area contributed by atoms with Crippen LogP contribution in [0.25, 0.3) is 6.08 Å². The fourth-order valence-corrected chi connectivity index (χ4v) is 2.78. The van der Waals surface area contributed by atoms with Crippen LogP contribution < -0.4 is 9.47 Å². The van der Waals surface area contributed by atoms with Gasteiger partial charge in [0.1, 0.15) is 6.04 Å². The van der Waals surface area contributed by atoms with Crippen molar-refractivity contribution in [3.05, 3.63) is 29.3 Å². The molecule has 126 valence electrons. The first kappa shape index (κ1) is 17.3. The molecule has 0 bridgehead atoms. The van der Waals surface area contributed by atoms with Gasteiger partial charge in [-0.25, -0.2) is 0 Å². The van der Waals surface area contributed by atoms with Gasteiger partial charge in [-0.3, -0.25) is 9.69 Å². The van der Waals surface area contributed by atoms with Crippen molar-refractivity contribution in [2.45, 2.75) is 25.8 Å². The lowest BCUT2D eigenvalue weighted by atomic mass is 10.0. The third-order valence-corrected chi connectivity index (χ3v) is 4.13. The van der Waals surface area contributed by atoms with Gasteiger partial charge in [-0.1, -0.05) is 12.2 Å². The molecule has 1 aromatic carbocycles. The standard InChI is InChI=1S/C18H25NO4/c1-5-23-18(20)15-8-6-7-13-11-16(21-3)17(22-4)12-14(13)9-10-19(15)2/h6-7,11-12,15H,5,8-10H2,1-4H3/b7-6+. The van der Waals surface area contributed by atoms with E-state index in [1.807, 2.05) is 43.2 Å². The number of nitrogens with zero attached hydrogens (tertiary/aromatic N) is 1. The molecule has 1 aliphatic heterocycles. The smallest absolute Gasteiger partial charge is 0.323 e. The maximum Gasteiger partial charge on any atom is 0.323 e. The lowest BCUT2D eigenvalue weighted by Crippen LogP contribution is -2.40. The molecule has 0 aromatic heterocycles. The van der Waals surface area contributed by atoms with Crippen molar-refractivity contribution < 1.29 is 19.0 Å². The van der Waals surface area contributed by atoms with Gasteiger partial charge in [0.15, 0.2) is 11.5 Å². The topological polar surface area (TPSA) is 48.0 Å². The van der Waals surface area contributed by atoms with Gasteiger partial charge in [0.25, 0.3) is 0 Å². The van der Waals surface area contributed by atoms with Crippen LogP contribution in [0.3, 0.4) is 0 Å². The van der Waals surface area contributed by atoms with Crippen LogP contribution in [-0.2, 0) is 16.0 Å². The number of hydrogen-bond acceptors (Lipinski definition) is 5. The van der Waals surface area contributed by atoms with Crippen LogP contribution in [0.2, 0.25) is 0 Å². The number of esters is 1. The first-order valence-electron chi connectivity index (χ1n) is 7.89. The fraction of sp³-hybridized carbons (Fsp3) is 0.500. The Morgan fingerprint density at radius 2 is 1.96 bits per heavy atom. The molecule has 1 heterocycles. The number of ether oxygens (including phenoxy) is 3. The average Bonchev–Trinajstić information content (AvgIpc) is 2.63. The molecule has 1 unspecified atom stereocenters. The molecule has 0 saturated carbocycles. The first-order chi connectivity index (χ1) is 11.1. The minimum Gasteiger partial charge on any atom is -0.493 e. The number of carbonyl (C=O) groups is 1. The molecule has 0 fully saturated rings. The maximum absolute atomic E-state index is 12.1. The molecule has 5 nitrogen and oxygen atoms in total. The normalized spacial score (nSPS) is 19.7. The first-order valence-corrected chi connectivity index (χ1v) is 7.89. The maximum atomic E-state index is 12.1. The summed E-state index contributed by atoms with van der Waals surface area (Å²) in [7, 11) is 5.23. The van der Waals surface area contributed by atoms with Crippen LogP contribution in [0.15, 0.2) is 18.2 Å². The molecule has 5 heteroatoms. The van der Waals surface area contributed by atoms with Crippen LogP contribution in [0.1, 0.15) is 24.5 Å². The summed E-state index contributed by atoms with van der Waals surface area (Å²) in [5.41, 5.74) is 2.27. The van der Waals surface area contributed by atoms with E-state index >= 15 is 0 Å². The average molecular weight is 319 g/mol. The summed E-state index contributed by atoms with van der Waals surface area (Å²) in [6.07, 6.45) is 5.52. The van der Waals surface area contributed by atoms with E-state index in [1.54, 1.807) is 14.2 Å². The molecule has 0 amide bonds. The zero-order valence-electron chi connectivity index (χ0n) is 14.3. The van der Waals surface area contributed by atoms with Crippen LogP contribution in [0, 0.1) is 0 Å². The van der Waals surface area contributed by atoms with Crippen LogP contribution >= 0.6 is 0 Å². The summed E-state index contributed by atoms with van der Waals surface area (Å²) >= 11 is 0. The molecule has 1 aromatic rings. The monoisotopic (exact) mass is 319 g/mol. The number of methoxy groups -OCH3 is 2. The van der Waals surface area contributed by atoms with Gasteiger partial charge in [0.2, 0.25) is 0 Å². The molecule has 1 aliphatic rings. The highest BCUT2D eigenvalue weighted by Gasteiger charge is 2.24. The zero-order valence-corrected chi connectivity index (χ0v) is 14.3. The van der Waals surface area contributed by atoms with E-state index in [2.05, 4.69) is 0 Å². The third-order valence-electron chi connectivity index (χ3n) is 4.13. The molecule has 0 radical (unpaired) electrons. The van der Waals surface area contributed by atoms with Crippen molar-refractivity contribution >= 4 is 12.0 Å². The SMILES string of the molecule is CCOC(=O)C1C/C=C/c2cc(OC)c(OC)cc2CCN1C. The summed E-state index contributed by atoms with van der Waals surface area (Å²) in [4.78, 5) is 14.2. The second-order valence-corrected chi connectivity index (χ2v) is 5.54. The number of hydrogen-bond donors (Lipinski definition) is 0. The number of benzene rings is 1. The quantitative estimate of drug-likeness (QED) is 0.798. The van der Waals surface area contributed by atoms with Gasteiger partial charge in [-0.05, 0) is 50.1 Å². The van der Waals surface area contributed by atoms with E-state index in [4.69, 9.17) is 14.2 Å². The van der Waals surface area contributed by atoms with Crippen molar-refractivity contribution in [2.24, 2.45) is 0 Å². The van der Waals surface area contributed by atoms with Gasteiger partial charge in [-0.15, -0.1) is 0 Å². The summed E-state index contributed by atoms with van der Waals surface area (Å²) in [6.45, 7) is 3.01. The number of likely N-dealkylation sites (N-methyl/N-ethyl adjacent to an activating group) is 1. The molecule has 0 spiro atoms. The second-order valence-electron chi connectivity index (χ2n) is 5.54. The van der Waals surface area contributed by atoms with Crippen molar-refractivity contribution in [1.82, 2.24) is 4.90 Å². The lowest BCUT2D eigenvalue weighted by molar-refractivity contribution is -0.148. The Morgan fingerprint density at radius 1 is 1.26 bits per heavy atom. The molecule has 1 atom stereocenters. The summed E-state index contributed by atoms with van der Waals surface area (Å²) < 4.78 is 15.9. The van der Waals surface area contributed by atoms with E-state index < -0.39 is 0 Å². The lowest BCUT2D eigenvalue weighted by Gasteiger charge is -2.25. The summed E-state index contributed by atoms with van der Waals surface area (Å²) in [5, 5.41) is 0.